The van der Waals surface area contributed by atoms with Crippen LogP contribution in [-0.4, -0.2) is 36.2 Å². The van der Waals surface area contributed by atoms with Crippen molar-refractivity contribution >= 4 is 32.7 Å². The van der Waals surface area contributed by atoms with Gasteiger partial charge in [0.1, 0.15) is 6.04 Å². The summed E-state index contributed by atoms with van der Waals surface area (Å²) >= 11 is 0. The van der Waals surface area contributed by atoms with E-state index in [0.29, 0.717) is 5.56 Å². The number of aryl methyl sites for hydroxylation is 1. The van der Waals surface area contributed by atoms with Crippen LogP contribution < -0.4 is 10.3 Å². The molecule has 0 saturated heterocycles. The lowest BCUT2D eigenvalue weighted by atomic mass is 9.92. The quantitative estimate of drug-likeness (QED) is 0.239. The van der Waals surface area contributed by atoms with Crippen molar-refractivity contribution in [1.29, 1.82) is 0 Å². The number of carbonyl (C=O) groups is 2. The number of aromatic amines is 1. The molecule has 0 bridgehead atoms. The van der Waals surface area contributed by atoms with Crippen molar-refractivity contribution in [3.8, 4) is 11.3 Å². The van der Waals surface area contributed by atoms with Crippen molar-refractivity contribution in [2.24, 2.45) is 0 Å². The van der Waals surface area contributed by atoms with Crippen LogP contribution in [0.5, 0.6) is 0 Å². The van der Waals surface area contributed by atoms with E-state index in [2.05, 4.69) is 15.2 Å². The molecule has 3 N–H and O–H groups in total. The molecule has 2 amide bonds. The summed E-state index contributed by atoms with van der Waals surface area (Å²) in [4.78, 5) is 34.6. The van der Waals surface area contributed by atoms with E-state index in [-0.39, 0.29) is 10.8 Å². The fourth-order valence-electron chi connectivity index (χ4n) is 5.43. The zero-order chi connectivity index (χ0) is 28.7. The van der Waals surface area contributed by atoms with Crippen molar-refractivity contribution in [1.82, 2.24) is 20.1 Å². The number of para-hydroxylation sites is 1. The van der Waals surface area contributed by atoms with E-state index in [9.17, 15) is 18.0 Å². The van der Waals surface area contributed by atoms with Gasteiger partial charge in [-0.25, -0.2) is 8.42 Å². The van der Waals surface area contributed by atoms with Gasteiger partial charge in [0.15, 0.2) is 0 Å². The molecule has 0 fully saturated rings. The molecule has 4 aromatic carbocycles. The van der Waals surface area contributed by atoms with E-state index in [1.54, 1.807) is 37.3 Å². The second-order valence-corrected chi connectivity index (χ2v) is 11.8. The zero-order valence-electron chi connectivity index (χ0n) is 22.5. The Bertz CT molecular complexity index is 1880. The molecule has 206 valence electrons. The summed E-state index contributed by atoms with van der Waals surface area (Å²) in [5, 5.41) is 0.931. The number of hydrogen-bond donors (Lipinski definition) is 3. The predicted molar refractivity (Wildman–Crippen MR) is 157 cm³/mol. The molecule has 41 heavy (non-hydrogen) atoms. The molecule has 1 aliphatic heterocycles. The molecule has 9 heteroatoms. The summed E-state index contributed by atoms with van der Waals surface area (Å²) in [6.45, 7) is 3.62. The Morgan fingerprint density at radius 3 is 2.29 bits per heavy atom. The van der Waals surface area contributed by atoms with Gasteiger partial charge in [0.2, 0.25) is 0 Å². The summed E-state index contributed by atoms with van der Waals surface area (Å²) in [6.07, 6.45) is 0. The predicted octanol–water partition coefficient (Wildman–Crippen LogP) is 5.09. The molecule has 5 aromatic rings. The molecular formula is C32H28N4O4S. The molecule has 1 aromatic heterocycles. The van der Waals surface area contributed by atoms with Crippen molar-refractivity contribution < 1.29 is 18.0 Å². The molecule has 6 rings (SSSR count). The van der Waals surface area contributed by atoms with Gasteiger partial charge < -0.3 is 9.88 Å². The van der Waals surface area contributed by atoms with Gasteiger partial charge in [-0.05, 0) is 49.2 Å². The van der Waals surface area contributed by atoms with E-state index in [1.807, 2.05) is 67.6 Å². The van der Waals surface area contributed by atoms with Crippen LogP contribution in [-0.2, 0) is 14.8 Å². The Balaban J connectivity index is 1.43. The van der Waals surface area contributed by atoms with Crippen LogP contribution in [0.2, 0.25) is 0 Å². The van der Waals surface area contributed by atoms with Crippen LogP contribution in [0.15, 0.2) is 108 Å². The normalized spacial score (nSPS) is 15.6. The van der Waals surface area contributed by atoms with Crippen molar-refractivity contribution in [2.75, 3.05) is 0 Å². The molecule has 0 saturated carbocycles. The molecular weight excluding hydrogens is 536 g/mol. The molecule has 2 unspecified atom stereocenters. The first-order valence-electron chi connectivity index (χ1n) is 13.2. The molecule has 0 aliphatic carbocycles. The van der Waals surface area contributed by atoms with Crippen molar-refractivity contribution in [3.63, 3.8) is 0 Å². The maximum atomic E-state index is 13.9. The highest BCUT2D eigenvalue weighted by atomic mass is 32.2. The number of nitrogens with one attached hydrogen (secondary N) is 3. The summed E-state index contributed by atoms with van der Waals surface area (Å²) in [5.41, 5.74) is 8.30. The number of H-pyrrole nitrogens is 1. The first kappa shape index (κ1) is 26.5. The highest BCUT2D eigenvalue weighted by Gasteiger charge is 2.44. The van der Waals surface area contributed by atoms with Crippen LogP contribution >= 0.6 is 0 Å². The van der Waals surface area contributed by atoms with Gasteiger partial charge in [-0.2, -0.15) is 0 Å². The number of amides is 2. The average molecular weight is 565 g/mol. The highest BCUT2D eigenvalue weighted by molar-refractivity contribution is 7.89. The van der Waals surface area contributed by atoms with Crippen LogP contribution in [0.25, 0.3) is 22.2 Å². The van der Waals surface area contributed by atoms with Crippen LogP contribution in [0, 0.1) is 6.92 Å². The van der Waals surface area contributed by atoms with E-state index >= 15 is 0 Å². The van der Waals surface area contributed by atoms with Crippen LogP contribution in [0.3, 0.4) is 0 Å². The summed E-state index contributed by atoms with van der Waals surface area (Å²) in [6, 6.07) is 29.5. The van der Waals surface area contributed by atoms with Gasteiger partial charge in [0, 0.05) is 22.0 Å². The third-order valence-electron chi connectivity index (χ3n) is 7.52. The Hall–Kier alpha value is -4.73. The summed E-state index contributed by atoms with van der Waals surface area (Å²) < 4.78 is 25.5. The van der Waals surface area contributed by atoms with E-state index in [0.717, 1.165) is 38.9 Å². The maximum Gasteiger partial charge on any atom is 0.257 e. The SMILES string of the molecule is Cc1ccc(-c2[nH]c3ccccc3c2C2c3ccccc3C(=O)N2C(C)C(=O)NNS(=O)(=O)c2ccccc2)cc1. The van der Waals surface area contributed by atoms with E-state index in [1.165, 1.54) is 17.0 Å². The third kappa shape index (κ3) is 4.69. The molecule has 2 heterocycles. The molecule has 0 spiro atoms. The number of rotatable bonds is 7. The number of fused-ring (bicyclic) bond motifs is 2. The standard InChI is InChI=1S/C32H28N4O4S/c1-20-16-18-22(19-17-20)29-28(26-14-8-9-15-27(26)33-29)30-24-12-6-7-13-25(24)32(38)36(30)21(2)31(37)34-35-41(39,40)23-10-4-3-5-11-23/h3-19,21,30,33,35H,1-2H3,(H,34,37). The number of aromatic nitrogens is 1. The number of benzene rings is 4. The minimum atomic E-state index is -4.00. The number of sulfonamides is 1. The second kappa shape index (κ2) is 10.3. The fraction of sp³-hybridized carbons (Fsp3) is 0.125. The number of hydrazine groups is 1. The van der Waals surface area contributed by atoms with E-state index in [4.69, 9.17) is 0 Å². The summed E-state index contributed by atoms with van der Waals surface area (Å²) in [7, 11) is -4.00. The van der Waals surface area contributed by atoms with Crippen molar-refractivity contribution in [2.45, 2.75) is 30.8 Å². The lowest BCUT2D eigenvalue weighted by molar-refractivity contribution is -0.126. The lowest BCUT2D eigenvalue weighted by Gasteiger charge is -2.31. The number of nitrogens with zero attached hydrogens (tertiary/aromatic N) is 1. The van der Waals surface area contributed by atoms with Gasteiger partial charge in [-0.3, -0.25) is 15.0 Å². The molecule has 2 atom stereocenters. The Morgan fingerprint density at radius 2 is 1.54 bits per heavy atom. The second-order valence-electron chi connectivity index (χ2n) is 10.1. The maximum absolute atomic E-state index is 13.9. The molecule has 0 radical (unpaired) electrons. The number of hydrogen-bond acceptors (Lipinski definition) is 4. The van der Waals surface area contributed by atoms with Crippen LogP contribution in [0.1, 0.15) is 40.0 Å². The summed E-state index contributed by atoms with van der Waals surface area (Å²) in [5.74, 6) is -0.966. The first-order valence-corrected chi connectivity index (χ1v) is 14.7. The van der Waals surface area contributed by atoms with Crippen molar-refractivity contribution in [3.05, 3.63) is 125 Å². The van der Waals surface area contributed by atoms with Gasteiger partial charge in [-0.15, -0.1) is 4.83 Å². The lowest BCUT2D eigenvalue weighted by Crippen LogP contribution is -2.52. The van der Waals surface area contributed by atoms with E-state index < -0.39 is 28.0 Å². The van der Waals surface area contributed by atoms with Gasteiger partial charge in [0.25, 0.3) is 21.8 Å². The Morgan fingerprint density at radius 1 is 0.878 bits per heavy atom. The third-order valence-corrected chi connectivity index (χ3v) is 8.78. The number of carbonyl (C=O) groups excluding carboxylic acids is 2. The fourth-order valence-corrected chi connectivity index (χ4v) is 6.30. The molecule has 8 nitrogen and oxygen atoms in total. The van der Waals surface area contributed by atoms with Crippen LogP contribution in [0.4, 0.5) is 0 Å². The Labute approximate surface area is 238 Å². The largest absolute Gasteiger partial charge is 0.354 e. The van der Waals surface area contributed by atoms with Gasteiger partial charge in [-0.1, -0.05) is 84.4 Å². The minimum Gasteiger partial charge on any atom is -0.354 e. The van der Waals surface area contributed by atoms with Gasteiger partial charge in [0.05, 0.1) is 16.6 Å². The first-order chi connectivity index (χ1) is 19.8. The Kier molecular flexibility index (Phi) is 6.69. The smallest absolute Gasteiger partial charge is 0.257 e. The van der Waals surface area contributed by atoms with Gasteiger partial charge >= 0.3 is 0 Å². The highest BCUT2D eigenvalue weighted by Crippen LogP contribution is 2.46. The topological polar surface area (TPSA) is 111 Å². The molecule has 1 aliphatic rings. The monoisotopic (exact) mass is 564 g/mol. The minimum absolute atomic E-state index is 0.0111. The zero-order valence-corrected chi connectivity index (χ0v) is 23.3. The average Bonchev–Trinajstić information content (AvgIpc) is 3.51.